The maximum absolute atomic E-state index is 13.1. The largest absolute Gasteiger partial charge is 0.441 e. The normalized spacial score (nSPS) is 11.4. The fraction of sp³-hybridized carbons (Fsp3) is 0.208. The predicted octanol–water partition coefficient (Wildman–Crippen LogP) is 5.10. The lowest BCUT2D eigenvalue weighted by molar-refractivity contribution is 0.103. The number of anilines is 2. The molecule has 0 unspecified atom stereocenters. The van der Waals surface area contributed by atoms with Gasteiger partial charge in [0, 0.05) is 25.7 Å². The number of carbonyl (C=O) groups excluding carboxylic acids is 1. The van der Waals surface area contributed by atoms with E-state index in [2.05, 4.69) is 15.3 Å². The molecule has 10 heteroatoms. The van der Waals surface area contributed by atoms with E-state index in [4.69, 9.17) is 9.52 Å². The molecule has 0 atom stereocenters. The van der Waals surface area contributed by atoms with Crippen LogP contribution in [0.2, 0.25) is 0 Å². The quantitative estimate of drug-likeness (QED) is 0.310. The number of thiazole rings is 1. The number of aliphatic hydroxyl groups is 1. The fourth-order valence-corrected chi connectivity index (χ4v) is 5.59. The summed E-state index contributed by atoms with van der Waals surface area (Å²) in [4.78, 5) is 25.1. The van der Waals surface area contributed by atoms with Gasteiger partial charge in [-0.05, 0) is 48.4 Å². The molecular weight excluding hydrogens is 475 g/mol. The second-order valence-corrected chi connectivity index (χ2v) is 9.83. The Hall–Kier alpha value is -3.34. The smallest absolute Gasteiger partial charge is 0.265 e. The second-order valence-electron chi connectivity index (χ2n) is 7.79. The van der Waals surface area contributed by atoms with Crippen LogP contribution in [-0.2, 0) is 12.8 Å². The summed E-state index contributed by atoms with van der Waals surface area (Å²) < 4.78 is 19.8. The zero-order valence-electron chi connectivity index (χ0n) is 18.2. The van der Waals surface area contributed by atoms with Crippen molar-refractivity contribution < 1.29 is 18.7 Å². The molecule has 34 heavy (non-hydrogen) atoms. The topological polar surface area (TPSA) is 91.5 Å². The number of aromatic nitrogens is 2. The third-order valence-electron chi connectivity index (χ3n) is 5.29. The van der Waals surface area contributed by atoms with Crippen molar-refractivity contribution in [1.82, 2.24) is 9.97 Å². The third kappa shape index (κ3) is 4.79. The standard InChI is InChI=1S/C24H21FN4O3S2/c1-29(10-11-30)24-28-23-20(34-24)13-19(33-23)22(31)26-16-7-8-18-17(12-16)27-21(32-18)9-4-14-2-5-15(25)6-3-14/h2-3,5-8,12-13,30H,4,9-11H2,1H3,(H,26,31). The van der Waals surface area contributed by atoms with E-state index in [9.17, 15) is 9.18 Å². The average molecular weight is 497 g/mol. The molecule has 3 aromatic heterocycles. The maximum atomic E-state index is 13.1. The lowest BCUT2D eigenvalue weighted by Crippen LogP contribution is -2.20. The molecule has 0 fully saturated rings. The van der Waals surface area contributed by atoms with Crippen LogP contribution < -0.4 is 10.2 Å². The number of hydrogen-bond donors (Lipinski definition) is 2. The highest BCUT2D eigenvalue weighted by Gasteiger charge is 2.16. The monoisotopic (exact) mass is 496 g/mol. The number of amides is 1. The van der Waals surface area contributed by atoms with Gasteiger partial charge in [-0.3, -0.25) is 4.79 Å². The number of nitrogens with one attached hydrogen (secondary N) is 1. The van der Waals surface area contributed by atoms with Gasteiger partial charge in [0.1, 0.15) is 16.2 Å². The molecule has 174 valence electrons. The van der Waals surface area contributed by atoms with Crippen molar-refractivity contribution in [3.05, 3.63) is 70.7 Å². The van der Waals surface area contributed by atoms with E-state index in [0.717, 1.165) is 20.2 Å². The number of likely N-dealkylation sites (N-methyl/N-ethyl adjacent to an activating group) is 1. The Balaban J connectivity index is 1.26. The Morgan fingerprint density at radius 3 is 2.71 bits per heavy atom. The van der Waals surface area contributed by atoms with Gasteiger partial charge >= 0.3 is 0 Å². The summed E-state index contributed by atoms with van der Waals surface area (Å²) in [5, 5.41) is 12.8. The number of fused-ring (bicyclic) bond motifs is 2. The minimum atomic E-state index is -0.255. The van der Waals surface area contributed by atoms with Crippen LogP contribution in [-0.4, -0.2) is 41.2 Å². The minimum absolute atomic E-state index is 0.0585. The van der Waals surface area contributed by atoms with E-state index in [0.29, 0.717) is 46.9 Å². The van der Waals surface area contributed by atoms with Crippen LogP contribution in [0.3, 0.4) is 0 Å². The Morgan fingerprint density at radius 1 is 1.12 bits per heavy atom. The van der Waals surface area contributed by atoms with Gasteiger partial charge in [0.05, 0.1) is 16.2 Å². The molecule has 0 spiro atoms. The van der Waals surface area contributed by atoms with Gasteiger partial charge in [-0.25, -0.2) is 14.4 Å². The first-order valence-corrected chi connectivity index (χ1v) is 12.3. The number of halogens is 1. The van der Waals surface area contributed by atoms with Crippen LogP contribution in [0.4, 0.5) is 15.2 Å². The Kier molecular flexibility index (Phi) is 6.27. The highest BCUT2D eigenvalue weighted by atomic mass is 32.1. The Morgan fingerprint density at radius 2 is 1.94 bits per heavy atom. The van der Waals surface area contributed by atoms with Gasteiger partial charge in [0.2, 0.25) is 0 Å². The van der Waals surface area contributed by atoms with Crippen molar-refractivity contribution in [2.75, 3.05) is 30.4 Å². The molecule has 2 aromatic carbocycles. The van der Waals surface area contributed by atoms with Crippen LogP contribution in [0.1, 0.15) is 21.1 Å². The zero-order valence-corrected chi connectivity index (χ0v) is 19.9. The molecule has 0 radical (unpaired) electrons. The van der Waals surface area contributed by atoms with Crippen LogP contribution in [0.25, 0.3) is 20.6 Å². The van der Waals surface area contributed by atoms with Gasteiger partial charge in [0.15, 0.2) is 16.6 Å². The fourth-order valence-electron chi connectivity index (χ4n) is 3.50. The summed E-state index contributed by atoms with van der Waals surface area (Å²) >= 11 is 2.83. The van der Waals surface area contributed by atoms with Crippen molar-refractivity contribution in [3.63, 3.8) is 0 Å². The molecule has 0 aliphatic heterocycles. The molecule has 3 heterocycles. The second kappa shape index (κ2) is 9.49. The van der Waals surface area contributed by atoms with Crippen LogP contribution >= 0.6 is 22.7 Å². The molecule has 5 aromatic rings. The summed E-state index contributed by atoms with van der Waals surface area (Å²) in [6.07, 6.45) is 1.29. The molecular formula is C24H21FN4O3S2. The maximum Gasteiger partial charge on any atom is 0.265 e. The number of hydrogen-bond acceptors (Lipinski definition) is 8. The number of aliphatic hydroxyl groups excluding tert-OH is 1. The summed E-state index contributed by atoms with van der Waals surface area (Å²) in [6, 6.07) is 13.6. The van der Waals surface area contributed by atoms with Gasteiger partial charge in [-0.2, -0.15) is 0 Å². The van der Waals surface area contributed by atoms with E-state index in [1.54, 1.807) is 30.3 Å². The van der Waals surface area contributed by atoms with Gasteiger partial charge in [0.25, 0.3) is 5.91 Å². The SMILES string of the molecule is CN(CCO)c1nc2sc(C(=O)Nc3ccc4oc(CCc5ccc(F)cc5)nc4c3)cc2s1. The van der Waals surface area contributed by atoms with Crippen molar-refractivity contribution in [3.8, 4) is 0 Å². The van der Waals surface area contributed by atoms with Crippen LogP contribution in [0.15, 0.2) is 52.9 Å². The lowest BCUT2D eigenvalue weighted by Gasteiger charge is -2.12. The van der Waals surface area contributed by atoms with Crippen LogP contribution in [0, 0.1) is 5.82 Å². The molecule has 2 N–H and O–H groups in total. The van der Waals surface area contributed by atoms with Crippen LogP contribution in [0.5, 0.6) is 0 Å². The minimum Gasteiger partial charge on any atom is -0.441 e. The third-order valence-corrected chi connectivity index (χ3v) is 7.57. The first-order chi connectivity index (χ1) is 16.5. The molecule has 1 amide bonds. The Bertz CT molecular complexity index is 1430. The van der Waals surface area contributed by atoms with Crippen molar-refractivity contribution in [2.24, 2.45) is 0 Å². The van der Waals surface area contributed by atoms with Crippen molar-refractivity contribution in [1.29, 1.82) is 0 Å². The highest BCUT2D eigenvalue weighted by Crippen LogP contribution is 2.34. The van der Waals surface area contributed by atoms with Gasteiger partial charge < -0.3 is 19.7 Å². The summed E-state index contributed by atoms with van der Waals surface area (Å²) in [5.74, 6) is 0.128. The number of nitrogens with zero attached hydrogens (tertiary/aromatic N) is 3. The van der Waals surface area contributed by atoms with E-state index >= 15 is 0 Å². The lowest BCUT2D eigenvalue weighted by atomic mass is 10.1. The number of aryl methyl sites for hydroxylation is 2. The van der Waals surface area contributed by atoms with Crippen molar-refractivity contribution in [2.45, 2.75) is 12.8 Å². The number of rotatable bonds is 8. The molecule has 0 bridgehead atoms. The molecule has 0 aliphatic rings. The molecule has 0 saturated heterocycles. The highest BCUT2D eigenvalue weighted by molar-refractivity contribution is 7.29. The molecule has 0 aliphatic carbocycles. The summed E-state index contributed by atoms with van der Waals surface area (Å²) in [7, 11) is 1.88. The zero-order chi connectivity index (χ0) is 23.7. The van der Waals surface area contributed by atoms with E-state index in [1.165, 1.54) is 34.8 Å². The predicted molar refractivity (Wildman–Crippen MR) is 134 cm³/mol. The Labute approximate surface area is 202 Å². The number of benzene rings is 2. The van der Waals surface area contributed by atoms with E-state index in [1.807, 2.05) is 18.0 Å². The van der Waals surface area contributed by atoms with E-state index in [-0.39, 0.29) is 18.3 Å². The first-order valence-electron chi connectivity index (χ1n) is 10.7. The molecule has 7 nitrogen and oxygen atoms in total. The first kappa shape index (κ1) is 22.5. The van der Waals surface area contributed by atoms with Gasteiger partial charge in [-0.1, -0.05) is 23.5 Å². The summed E-state index contributed by atoms with van der Waals surface area (Å²) in [5.41, 5.74) is 2.95. The summed E-state index contributed by atoms with van der Waals surface area (Å²) in [6.45, 7) is 0.565. The number of carbonyl (C=O) groups is 1. The number of thiophene rings is 1. The molecule has 5 rings (SSSR count). The molecule has 0 saturated carbocycles. The number of oxazole rings is 1. The van der Waals surface area contributed by atoms with E-state index < -0.39 is 0 Å². The van der Waals surface area contributed by atoms with Gasteiger partial charge in [-0.15, -0.1) is 11.3 Å². The van der Waals surface area contributed by atoms with Crippen molar-refractivity contribution >= 4 is 60.0 Å². The average Bonchev–Trinajstić information content (AvgIpc) is 3.51.